The highest BCUT2D eigenvalue weighted by atomic mass is 16.5. The van der Waals surface area contributed by atoms with Crippen molar-refractivity contribution in [3.8, 4) is 11.5 Å². The van der Waals surface area contributed by atoms with E-state index < -0.39 is 30.1 Å². The van der Waals surface area contributed by atoms with Crippen molar-refractivity contribution in [3.05, 3.63) is 167 Å². The highest BCUT2D eigenvalue weighted by molar-refractivity contribution is 5.90. The Hall–Kier alpha value is -6.09. The van der Waals surface area contributed by atoms with Crippen molar-refractivity contribution in [2.45, 2.75) is 44.7 Å². The first-order valence-corrected chi connectivity index (χ1v) is 16.3. The number of esters is 1. The molecule has 2 amide bonds. The number of carbonyl (C=O) groups excluding carboxylic acids is 3. The molecule has 0 aliphatic carbocycles. The minimum absolute atomic E-state index is 0.0386. The maximum absolute atomic E-state index is 13.7. The van der Waals surface area contributed by atoms with E-state index in [1.807, 2.05) is 127 Å². The van der Waals surface area contributed by atoms with Crippen molar-refractivity contribution in [1.82, 2.24) is 10.6 Å². The molecule has 0 aliphatic rings. The second-order valence-corrected chi connectivity index (χ2v) is 11.6. The summed E-state index contributed by atoms with van der Waals surface area (Å²) in [6.45, 7) is 0.680. The third-order valence-corrected chi connectivity index (χ3v) is 7.83. The zero-order valence-corrected chi connectivity index (χ0v) is 27.8. The Kier molecular flexibility index (Phi) is 13.0. The van der Waals surface area contributed by atoms with Crippen LogP contribution >= 0.6 is 0 Å². The standard InChI is InChI=1S/C41H40N2O7/c1-47-40(45)36(42-39(44)35(24-30-14-6-2-7-15-30)43-41(46)50-29-33-20-12-5-13-21-33)25-34-22-23-37(48-27-31-16-8-3-9-17-31)38(26-34)49-28-32-18-10-4-11-19-32/h2-23,26,35-36H,24-25,27-29H2,1H3,(H,42,44)(H,43,46)/t35-,36-/m0/s1. The van der Waals surface area contributed by atoms with Crippen LogP contribution in [0.3, 0.4) is 0 Å². The molecule has 50 heavy (non-hydrogen) atoms. The van der Waals surface area contributed by atoms with Gasteiger partial charge < -0.3 is 29.6 Å². The molecule has 9 heteroatoms. The lowest BCUT2D eigenvalue weighted by Gasteiger charge is -2.23. The molecule has 5 aromatic rings. The van der Waals surface area contributed by atoms with Crippen molar-refractivity contribution in [3.63, 3.8) is 0 Å². The Balaban J connectivity index is 1.32. The molecule has 256 valence electrons. The highest BCUT2D eigenvalue weighted by Gasteiger charge is 2.28. The number of hydrogen-bond donors (Lipinski definition) is 2. The van der Waals surface area contributed by atoms with Gasteiger partial charge in [0.15, 0.2) is 11.5 Å². The molecule has 9 nitrogen and oxygen atoms in total. The smallest absolute Gasteiger partial charge is 0.408 e. The van der Waals surface area contributed by atoms with Gasteiger partial charge in [-0.25, -0.2) is 9.59 Å². The van der Waals surface area contributed by atoms with Gasteiger partial charge in [0, 0.05) is 12.8 Å². The van der Waals surface area contributed by atoms with Crippen LogP contribution in [0.2, 0.25) is 0 Å². The lowest BCUT2D eigenvalue weighted by Crippen LogP contribution is -2.53. The van der Waals surface area contributed by atoms with Crippen LogP contribution in [-0.4, -0.2) is 37.2 Å². The van der Waals surface area contributed by atoms with E-state index in [9.17, 15) is 14.4 Å². The minimum atomic E-state index is -1.06. The fourth-order valence-corrected chi connectivity index (χ4v) is 5.19. The van der Waals surface area contributed by atoms with Crippen LogP contribution in [0.5, 0.6) is 11.5 Å². The van der Waals surface area contributed by atoms with Gasteiger partial charge in [-0.05, 0) is 39.9 Å². The van der Waals surface area contributed by atoms with Gasteiger partial charge in [0.2, 0.25) is 5.91 Å². The molecular weight excluding hydrogens is 632 g/mol. The number of rotatable bonds is 16. The van der Waals surface area contributed by atoms with E-state index in [0.29, 0.717) is 30.3 Å². The van der Waals surface area contributed by atoms with Crippen molar-refractivity contribution >= 4 is 18.0 Å². The van der Waals surface area contributed by atoms with E-state index in [1.165, 1.54) is 7.11 Å². The second kappa shape index (κ2) is 18.5. The highest BCUT2D eigenvalue weighted by Crippen LogP contribution is 2.31. The number of methoxy groups -OCH3 is 1. The monoisotopic (exact) mass is 672 g/mol. The first-order valence-electron chi connectivity index (χ1n) is 16.3. The molecule has 0 fully saturated rings. The third-order valence-electron chi connectivity index (χ3n) is 7.83. The second-order valence-electron chi connectivity index (χ2n) is 11.6. The largest absolute Gasteiger partial charge is 0.485 e. The van der Waals surface area contributed by atoms with Crippen molar-refractivity contribution in [2.75, 3.05) is 7.11 Å². The molecule has 2 N–H and O–H groups in total. The lowest BCUT2D eigenvalue weighted by molar-refractivity contribution is -0.145. The Morgan fingerprint density at radius 1 is 0.520 bits per heavy atom. The fraction of sp³-hybridized carbons (Fsp3) is 0.195. The van der Waals surface area contributed by atoms with E-state index >= 15 is 0 Å². The number of ether oxygens (including phenoxy) is 4. The molecule has 5 rings (SSSR count). The summed E-state index contributed by atoms with van der Waals surface area (Å²) in [5.74, 6) is -0.181. The summed E-state index contributed by atoms with van der Waals surface area (Å²) in [7, 11) is 1.26. The average Bonchev–Trinajstić information content (AvgIpc) is 3.16. The lowest BCUT2D eigenvalue weighted by atomic mass is 10.0. The molecule has 2 atom stereocenters. The van der Waals surface area contributed by atoms with Gasteiger partial charge in [-0.3, -0.25) is 4.79 Å². The molecule has 5 aromatic carbocycles. The van der Waals surface area contributed by atoms with Gasteiger partial charge in [-0.15, -0.1) is 0 Å². The van der Waals surface area contributed by atoms with Gasteiger partial charge in [-0.2, -0.15) is 0 Å². The summed E-state index contributed by atoms with van der Waals surface area (Å²) in [4.78, 5) is 39.6. The number of hydrogen-bond acceptors (Lipinski definition) is 7. The van der Waals surface area contributed by atoms with Crippen molar-refractivity contribution in [1.29, 1.82) is 0 Å². The molecule has 0 heterocycles. The Bertz CT molecular complexity index is 1800. The van der Waals surface area contributed by atoms with Crippen LogP contribution in [0.4, 0.5) is 4.79 Å². The Labute approximate surface area is 292 Å². The predicted molar refractivity (Wildman–Crippen MR) is 189 cm³/mol. The normalized spacial score (nSPS) is 11.8. The summed E-state index contributed by atoms with van der Waals surface area (Å²) in [6, 6.07) is 41.4. The Morgan fingerprint density at radius 2 is 1.00 bits per heavy atom. The zero-order valence-electron chi connectivity index (χ0n) is 27.8. The van der Waals surface area contributed by atoms with Crippen LogP contribution in [0.15, 0.2) is 140 Å². The van der Waals surface area contributed by atoms with Crippen LogP contribution in [0.1, 0.15) is 27.8 Å². The molecule has 0 saturated heterocycles. The third kappa shape index (κ3) is 11.0. The maximum Gasteiger partial charge on any atom is 0.408 e. The van der Waals surface area contributed by atoms with Gasteiger partial charge in [0.1, 0.15) is 31.9 Å². The van der Waals surface area contributed by atoms with E-state index in [1.54, 1.807) is 12.1 Å². The zero-order chi connectivity index (χ0) is 35.0. The SMILES string of the molecule is COC(=O)[C@H](Cc1ccc(OCc2ccccc2)c(OCc2ccccc2)c1)NC(=O)[C@H](Cc1ccccc1)NC(=O)OCc1ccccc1. The van der Waals surface area contributed by atoms with Crippen LogP contribution in [-0.2, 0) is 51.7 Å². The summed E-state index contributed by atoms with van der Waals surface area (Å²) in [5.41, 5.74) is 4.30. The van der Waals surface area contributed by atoms with E-state index in [0.717, 1.165) is 22.3 Å². The van der Waals surface area contributed by atoms with Crippen LogP contribution < -0.4 is 20.1 Å². The quantitative estimate of drug-likeness (QED) is 0.114. The van der Waals surface area contributed by atoms with Gasteiger partial charge >= 0.3 is 12.1 Å². The van der Waals surface area contributed by atoms with Crippen LogP contribution in [0, 0.1) is 0 Å². The van der Waals surface area contributed by atoms with Crippen molar-refractivity contribution in [2.24, 2.45) is 0 Å². The predicted octanol–water partition coefficient (Wildman–Crippen LogP) is 6.58. The van der Waals surface area contributed by atoms with Crippen molar-refractivity contribution < 1.29 is 33.3 Å². The number of benzene rings is 5. The van der Waals surface area contributed by atoms with E-state index in [-0.39, 0.29) is 19.4 Å². The average molecular weight is 673 g/mol. The number of nitrogens with one attached hydrogen (secondary N) is 2. The number of amides is 2. The van der Waals surface area contributed by atoms with Gasteiger partial charge in [0.05, 0.1) is 7.11 Å². The molecule has 0 bridgehead atoms. The first kappa shape index (κ1) is 35.2. The molecule has 0 saturated carbocycles. The summed E-state index contributed by atoms with van der Waals surface area (Å²) >= 11 is 0. The summed E-state index contributed by atoms with van der Waals surface area (Å²) < 4.78 is 22.8. The number of carbonyl (C=O) groups is 3. The number of alkyl carbamates (subject to hydrolysis) is 1. The summed E-state index contributed by atoms with van der Waals surface area (Å²) in [6.07, 6.45) is -0.493. The summed E-state index contributed by atoms with van der Waals surface area (Å²) in [5, 5.41) is 5.47. The van der Waals surface area contributed by atoms with Gasteiger partial charge in [-0.1, -0.05) is 127 Å². The van der Waals surface area contributed by atoms with Crippen LogP contribution in [0.25, 0.3) is 0 Å². The first-order chi connectivity index (χ1) is 24.5. The topological polar surface area (TPSA) is 112 Å². The maximum atomic E-state index is 13.7. The fourth-order valence-electron chi connectivity index (χ4n) is 5.19. The molecular formula is C41H40N2O7. The molecule has 0 aromatic heterocycles. The molecule has 0 spiro atoms. The van der Waals surface area contributed by atoms with E-state index in [2.05, 4.69) is 10.6 Å². The molecule has 0 aliphatic heterocycles. The van der Waals surface area contributed by atoms with Gasteiger partial charge in [0.25, 0.3) is 0 Å². The molecule has 0 radical (unpaired) electrons. The minimum Gasteiger partial charge on any atom is -0.485 e. The Morgan fingerprint density at radius 3 is 1.54 bits per heavy atom. The molecule has 0 unspecified atom stereocenters. The van der Waals surface area contributed by atoms with E-state index in [4.69, 9.17) is 18.9 Å².